The maximum atomic E-state index is 13.6. The molecule has 4 heterocycles. The number of fused-ring (bicyclic) bond motifs is 1. The summed E-state index contributed by atoms with van der Waals surface area (Å²) < 4.78 is 29.7. The molecule has 0 saturated carbocycles. The highest BCUT2D eigenvalue weighted by Crippen LogP contribution is 2.37. The van der Waals surface area contributed by atoms with E-state index >= 15 is 0 Å². The molecular weight excluding hydrogens is 473 g/mol. The lowest BCUT2D eigenvalue weighted by Gasteiger charge is -2.30. The molecule has 0 bridgehead atoms. The number of halogens is 1. The minimum Gasteiger partial charge on any atom is -0.480 e. The first-order valence-electron chi connectivity index (χ1n) is 11.2. The van der Waals surface area contributed by atoms with Crippen LogP contribution in [0.15, 0.2) is 28.8 Å². The monoisotopic (exact) mass is 497 g/mol. The lowest BCUT2D eigenvalue weighted by molar-refractivity contribution is 0.0700. The zero-order chi connectivity index (χ0) is 24.5. The Balaban J connectivity index is 1.39. The summed E-state index contributed by atoms with van der Waals surface area (Å²) in [6.07, 6.45) is 1.62. The Bertz CT molecular complexity index is 1390. The number of nitrogens with zero attached hydrogens (tertiary/aromatic N) is 5. The van der Waals surface area contributed by atoms with Crippen molar-refractivity contribution >= 4 is 27.5 Å². The highest BCUT2D eigenvalue weighted by Gasteiger charge is 2.31. The Labute approximate surface area is 204 Å². The minimum atomic E-state index is -0.363. The summed E-state index contributed by atoms with van der Waals surface area (Å²) in [7, 11) is 3.13. The average Bonchev–Trinajstić information content (AvgIpc) is 3.49. The summed E-state index contributed by atoms with van der Waals surface area (Å²) in [5, 5.41) is 4.76. The van der Waals surface area contributed by atoms with E-state index in [4.69, 9.17) is 14.0 Å². The summed E-state index contributed by atoms with van der Waals surface area (Å²) in [6, 6.07) is 6.07. The van der Waals surface area contributed by atoms with Crippen molar-refractivity contribution in [2.45, 2.75) is 32.3 Å². The summed E-state index contributed by atoms with van der Waals surface area (Å²) in [5.41, 5.74) is 1.34. The van der Waals surface area contributed by atoms with Crippen LogP contribution < -0.4 is 4.74 Å². The van der Waals surface area contributed by atoms with Crippen molar-refractivity contribution in [3.63, 3.8) is 0 Å². The summed E-state index contributed by atoms with van der Waals surface area (Å²) in [5.74, 6) is 1.18. The van der Waals surface area contributed by atoms with Crippen LogP contribution in [0, 0.1) is 12.7 Å². The third-order valence-corrected chi connectivity index (χ3v) is 7.22. The van der Waals surface area contributed by atoms with E-state index < -0.39 is 0 Å². The van der Waals surface area contributed by atoms with Gasteiger partial charge in [0, 0.05) is 25.8 Å². The van der Waals surface area contributed by atoms with Crippen molar-refractivity contribution in [3.05, 3.63) is 52.2 Å². The summed E-state index contributed by atoms with van der Waals surface area (Å²) in [4.78, 5) is 30.1. The second-order valence-corrected chi connectivity index (χ2v) is 9.37. The van der Waals surface area contributed by atoms with E-state index in [2.05, 4.69) is 20.1 Å². The Hall–Kier alpha value is -3.44. The number of methoxy groups -OCH3 is 2. The molecule has 35 heavy (non-hydrogen) atoms. The fourth-order valence-corrected chi connectivity index (χ4v) is 5.50. The van der Waals surface area contributed by atoms with Crippen LogP contribution in [0.4, 0.5) is 4.39 Å². The number of benzene rings is 1. The number of hydrogen-bond donors (Lipinski definition) is 0. The Morgan fingerprint density at radius 3 is 2.91 bits per heavy atom. The molecule has 1 aromatic carbocycles. The van der Waals surface area contributed by atoms with Gasteiger partial charge in [-0.05, 0) is 37.5 Å². The second-order valence-electron chi connectivity index (χ2n) is 8.38. The predicted octanol–water partition coefficient (Wildman–Crippen LogP) is 4.36. The maximum Gasteiger partial charge on any atom is 0.264 e. The molecule has 182 valence electrons. The summed E-state index contributed by atoms with van der Waals surface area (Å²) in [6.45, 7) is 3.22. The van der Waals surface area contributed by atoms with Gasteiger partial charge in [0.25, 0.3) is 5.91 Å². The van der Waals surface area contributed by atoms with E-state index in [0.717, 1.165) is 23.8 Å². The molecule has 1 aliphatic heterocycles. The molecule has 3 aromatic heterocycles. The standard InChI is InChI=1S/C24H24FN5O4S/c1-13-18-22(33-3)26-17(12-32-2)27-23(18)35-19(13)24(31)30-9-5-7-15(11-30)21-28-20(29-34-21)14-6-4-8-16(25)10-14/h4,6,8,10,15H,5,7,9,11-12H2,1-3H3. The van der Waals surface area contributed by atoms with Crippen molar-refractivity contribution < 1.29 is 23.2 Å². The molecule has 1 aliphatic rings. The number of amides is 1. The molecular formula is C24H24FN5O4S. The summed E-state index contributed by atoms with van der Waals surface area (Å²) >= 11 is 1.33. The van der Waals surface area contributed by atoms with Crippen molar-refractivity contribution in [2.75, 3.05) is 27.3 Å². The van der Waals surface area contributed by atoms with Gasteiger partial charge in [0.05, 0.1) is 23.3 Å². The Kier molecular flexibility index (Phi) is 6.44. The maximum absolute atomic E-state index is 13.6. The van der Waals surface area contributed by atoms with Crippen LogP contribution in [0.25, 0.3) is 21.6 Å². The smallest absolute Gasteiger partial charge is 0.264 e. The molecule has 0 aliphatic carbocycles. The van der Waals surface area contributed by atoms with Gasteiger partial charge in [-0.1, -0.05) is 17.3 Å². The molecule has 1 saturated heterocycles. The van der Waals surface area contributed by atoms with Gasteiger partial charge in [0.1, 0.15) is 17.3 Å². The molecule has 1 atom stereocenters. The topological polar surface area (TPSA) is 103 Å². The number of ether oxygens (including phenoxy) is 2. The third-order valence-electron chi connectivity index (χ3n) is 6.05. The molecule has 1 fully saturated rings. The highest BCUT2D eigenvalue weighted by molar-refractivity contribution is 7.20. The number of thiophene rings is 1. The average molecular weight is 498 g/mol. The molecule has 1 unspecified atom stereocenters. The normalized spacial score (nSPS) is 16.1. The van der Waals surface area contributed by atoms with Gasteiger partial charge in [0.2, 0.25) is 17.6 Å². The fourth-order valence-electron chi connectivity index (χ4n) is 4.34. The van der Waals surface area contributed by atoms with Crippen molar-refractivity contribution in [2.24, 2.45) is 0 Å². The van der Waals surface area contributed by atoms with E-state index in [1.807, 2.05) is 11.8 Å². The number of aryl methyl sites for hydroxylation is 1. The predicted molar refractivity (Wildman–Crippen MR) is 127 cm³/mol. The number of rotatable bonds is 6. The lowest BCUT2D eigenvalue weighted by Crippen LogP contribution is -2.39. The van der Waals surface area contributed by atoms with Crippen LogP contribution in [0.1, 0.15) is 45.7 Å². The van der Waals surface area contributed by atoms with Crippen LogP contribution in [0.2, 0.25) is 0 Å². The SMILES string of the molecule is COCc1nc(OC)c2c(C)c(C(=O)N3CCCC(c4nc(-c5cccc(F)c5)no4)C3)sc2n1. The van der Waals surface area contributed by atoms with E-state index in [0.29, 0.717) is 51.8 Å². The molecule has 0 N–H and O–H groups in total. The molecule has 5 rings (SSSR count). The van der Waals surface area contributed by atoms with Gasteiger partial charge < -0.3 is 18.9 Å². The lowest BCUT2D eigenvalue weighted by atomic mass is 9.97. The van der Waals surface area contributed by atoms with Crippen LogP contribution in [-0.4, -0.2) is 58.2 Å². The number of aromatic nitrogens is 4. The van der Waals surface area contributed by atoms with Gasteiger partial charge in [0.15, 0.2) is 5.82 Å². The first kappa shape index (κ1) is 23.3. The number of carbonyl (C=O) groups is 1. The van der Waals surface area contributed by atoms with Gasteiger partial charge in [-0.2, -0.15) is 9.97 Å². The van der Waals surface area contributed by atoms with Gasteiger partial charge in [-0.25, -0.2) is 9.37 Å². The Morgan fingerprint density at radius 2 is 2.14 bits per heavy atom. The molecule has 1 amide bonds. The van der Waals surface area contributed by atoms with E-state index in [9.17, 15) is 9.18 Å². The highest BCUT2D eigenvalue weighted by atomic mass is 32.1. The second kappa shape index (κ2) is 9.67. The van der Waals surface area contributed by atoms with Crippen molar-refractivity contribution in [1.82, 2.24) is 25.0 Å². The molecule has 11 heteroatoms. The first-order chi connectivity index (χ1) is 17.0. The minimum absolute atomic E-state index is 0.0737. The quantitative estimate of drug-likeness (QED) is 0.387. The van der Waals surface area contributed by atoms with E-state index in [-0.39, 0.29) is 24.2 Å². The fraction of sp³-hybridized carbons (Fsp3) is 0.375. The Morgan fingerprint density at radius 1 is 1.29 bits per heavy atom. The van der Waals surface area contributed by atoms with Gasteiger partial charge in [-0.15, -0.1) is 11.3 Å². The zero-order valence-electron chi connectivity index (χ0n) is 19.6. The van der Waals surface area contributed by atoms with Gasteiger partial charge in [-0.3, -0.25) is 4.79 Å². The number of piperidine rings is 1. The van der Waals surface area contributed by atoms with E-state index in [1.54, 1.807) is 26.4 Å². The number of carbonyl (C=O) groups excluding carboxylic acids is 1. The molecule has 0 spiro atoms. The number of hydrogen-bond acceptors (Lipinski definition) is 9. The van der Waals surface area contributed by atoms with Crippen molar-refractivity contribution in [3.8, 4) is 17.3 Å². The zero-order valence-corrected chi connectivity index (χ0v) is 20.4. The van der Waals surface area contributed by atoms with Crippen molar-refractivity contribution in [1.29, 1.82) is 0 Å². The number of likely N-dealkylation sites (tertiary alicyclic amines) is 1. The molecule has 4 aromatic rings. The van der Waals surface area contributed by atoms with Crippen LogP contribution in [-0.2, 0) is 11.3 Å². The van der Waals surface area contributed by atoms with Crippen LogP contribution in [0.3, 0.4) is 0 Å². The van der Waals surface area contributed by atoms with Crippen LogP contribution in [0.5, 0.6) is 5.88 Å². The van der Waals surface area contributed by atoms with Crippen LogP contribution >= 0.6 is 11.3 Å². The third kappa shape index (κ3) is 4.48. The largest absolute Gasteiger partial charge is 0.480 e. The first-order valence-corrected chi connectivity index (χ1v) is 12.0. The van der Waals surface area contributed by atoms with E-state index in [1.165, 1.54) is 23.5 Å². The molecule has 9 nitrogen and oxygen atoms in total. The van der Waals surface area contributed by atoms with Gasteiger partial charge >= 0.3 is 0 Å². The molecule has 0 radical (unpaired) electrons.